The van der Waals surface area contributed by atoms with Gasteiger partial charge in [0.25, 0.3) is 0 Å². The highest BCUT2D eigenvalue weighted by atomic mass is 19.1. The first kappa shape index (κ1) is 9.77. The zero-order chi connectivity index (χ0) is 10.0. The van der Waals surface area contributed by atoms with Gasteiger partial charge in [-0.05, 0) is 13.8 Å². The van der Waals surface area contributed by atoms with Crippen molar-refractivity contribution in [3.05, 3.63) is 23.8 Å². The summed E-state index contributed by atoms with van der Waals surface area (Å²) in [7, 11) is 0. The Hall–Kier alpha value is -1.32. The van der Waals surface area contributed by atoms with Crippen LogP contribution in [0, 0.1) is 11.6 Å². The first-order chi connectivity index (χ1) is 6.00. The van der Waals surface area contributed by atoms with Crippen molar-refractivity contribution in [1.29, 1.82) is 0 Å². The zero-order valence-electron chi connectivity index (χ0n) is 7.47. The Bertz CT molecular complexity index is 289. The highest BCUT2D eigenvalue weighted by Crippen LogP contribution is 2.25. The summed E-state index contributed by atoms with van der Waals surface area (Å²) in [5.74, 6) is -1.92. The van der Waals surface area contributed by atoms with E-state index in [1.54, 1.807) is 13.8 Å². The van der Waals surface area contributed by atoms with Crippen LogP contribution in [-0.4, -0.2) is 6.10 Å². The molecular formula is C9H11F2NO. The van der Waals surface area contributed by atoms with Gasteiger partial charge < -0.3 is 10.5 Å². The third-order valence-electron chi connectivity index (χ3n) is 1.37. The Kier molecular flexibility index (Phi) is 2.70. The van der Waals surface area contributed by atoms with E-state index < -0.39 is 11.6 Å². The molecule has 0 radical (unpaired) electrons. The van der Waals surface area contributed by atoms with E-state index in [9.17, 15) is 8.78 Å². The molecule has 0 amide bonds. The van der Waals surface area contributed by atoms with E-state index in [4.69, 9.17) is 10.5 Å². The average molecular weight is 187 g/mol. The van der Waals surface area contributed by atoms with Crippen molar-refractivity contribution in [2.45, 2.75) is 20.0 Å². The summed E-state index contributed by atoms with van der Waals surface area (Å²) < 4.78 is 31.0. The number of anilines is 1. The molecule has 0 atom stereocenters. The summed E-state index contributed by atoms with van der Waals surface area (Å²) in [5, 5.41) is 0. The van der Waals surface area contributed by atoms with E-state index in [1.165, 1.54) is 0 Å². The molecule has 2 nitrogen and oxygen atoms in total. The summed E-state index contributed by atoms with van der Waals surface area (Å²) in [6.45, 7) is 3.38. The van der Waals surface area contributed by atoms with E-state index in [0.29, 0.717) is 0 Å². The quantitative estimate of drug-likeness (QED) is 0.721. The molecule has 0 aliphatic carbocycles. The van der Waals surface area contributed by atoms with Gasteiger partial charge in [-0.3, -0.25) is 0 Å². The molecule has 0 aliphatic heterocycles. The van der Waals surface area contributed by atoms with E-state index in [1.807, 2.05) is 0 Å². The molecule has 1 rings (SSSR count). The van der Waals surface area contributed by atoms with Crippen LogP contribution < -0.4 is 10.5 Å². The van der Waals surface area contributed by atoms with Crippen molar-refractivity contribution < 1.29 is 13.5 Å². The Morgan fingerprint density at radius 2 is 1.69 bits per heavy atom. The van der Waals surface area contributed by atoms with E-state index in [-0.39, 0.29) is 17.5 Å². The first-order valence-corrected chi connectivity index (χ1v) is 3.92. The molecule has 0 spiro atoms. The molecule has 0 aliphatic rings. The molecule has 0 bridgehead atoms. The lowest BCUT2D eigenvalue weighted by atomic mass is 10.3. The predicted octanol–water partition coefficient (Wildman–Crippen LogP) is 2.33. The normalized spacial score (nSPS) is 10.5. The van der Waals surface area contributed by atoms with Crippen LogP contribution in [0.1, 0.15) is 13.8 Å². The molecule has 4 heteroatoms. The molecule has 0 saturated heterocycles. The summed E-state index contributed by atoms with van der Waals surface area (Å²) in [6.07, 6.45) is -0.271. The van der Waals surface area contributed by atoms with Gasteiger partial charge in [-0.15, -0.1) is 0 Å². The van der Waals surface area contributed by atoms with Crippen LogP contribution in [0.25, 0.3) is 0 Å². The number of hydrogen-bond donors (Lipinski definition) is 1. The fourth-order valence-electron chi connectivity index (χ4n) is 0.928. The second-order valence-corrected chi connectivity index (χ2v) is 2.98. The molecule has 72 valence electrons. The molecule has 2 N–H and O–H groups in total. The van der Waals surface area contributed by atoms with Gasteiger partial charge in [-0.2, -0.15) is 0 Å². The minimum absolute atomic E-state index is 0.0473. The minimum Gasteiger partial charge on any atom is -0.485 e. The molecule has 1 aromatic carbocycles. The maximum absolute atomic E-state index is 13.0. The Balaban J connectivity index is 3.06. The smallest absolute Gasteiger partial charge is 0.191 e. The Labute approximate surface area is 75.3 Å². The third kappa shape index (κ3) is 2.31. The van der Waals surface area contributed by atoms with Crippen LogP contribution in [-0.2, 0) is 0 Å². The predicted molar refractivity (Wildman–Crippen MR) is 46.5 cm³/mol. The molecule has 0 unspecified atom stereocenters. The number of rotatable bonds is 2. The van der Waals surface area contributed by atoms with Gasteiger partial charge >= 0.3 is 0 Å². The van der Waals surface area contributed by atoms with Gasteiger partial charge in [0.05, 0.1) is 6.10 Å². The molecular weight excluding hydrogens is 176 g/mol. The fourth-order valence-corrected chi connectivity index (χ4v) is 0.928. The Morgan fingerprint density at radius 3 is 2.08 bits per heavy atom. The number of halogens is 2. The maximum Gasteiger partial charge on any atom is 0.191 e. The number of ether oxygens (including phenoxy) is 1. The topological polar surface area (TPSA) is 35.2 Å². The second-order valence-electron chi connectivity index (χ2n) is 2.98. The molecule has 0 saturated carbocycles. The largest absolute Gasteiger partial charge is 0.485 e. The van der Waals surface area contributed by atoms with Crippen molar-refractivity contribution in [3.8, 4) is 5.75 Å². The number of nitrogen functional groups attached to an aromatic ring is 1. The molecule has 0 fully saturated rings. The number of benzene rings is 1. The van der Waals surface area contributed by atoms with Gasteiger partial charge in [0, 0.05) is 17.8 Å². The van der Waals surface area contributed by atoms with Crippen molar-refractivity contribution in [2.24, 2.45) is 0 Å². The maximum atomic E-state index is 13.0. The van der Waals surface area contributed by atoms with Crippen LogP contribution in [0.4, 0.5) is 14.5 Å². The van der Waals surface area contributed by atoms with Crippen LogP contribution in [0.5, 0.6) is 5.75 Å². The highest BCUT2D eigenvalue weighted by molar-refractivity contribution is 5.44. The van der Waals surface area contributed by atoms with Gasteiger partial charge in [0.1, 0.15) is 0 Å². The van der Waals surface area contributed by atoms with Gasteiger partial charge in [-0.1, -0.05) is 0 Å². The summed E-state index contributed by atoms with van der Waals surface area (Å²) in [4.78, 5) is 0. The first-order valence-electron chi connectivity index (χ1n) is 3.92. The zero-order valence-corrected chi connectivity index (χ0v) is 7.47. The van der Waals surface area contributed by atoms with Gasteiger partial charge in [-0.25, -0.2) is 8.78 Å². The molecule has 1 aromatic rings. The highest BCUT2D eigenvalue weighted by Gasteiger charge is 2.12. The van der Waals surface area contributed by atoms with Crippen LogP contribution in [0.3, 0.4) is 0 Å². The van der Waals surface area contributed by atoms with Crippen molar-refractivity contribution in [2.75, 3.05) is 5.73 Å². The summed E-state index contributed by atoms with van der Waals surface area (Å²) in [5.41, 5.74) is 5.27. The van der Waals surface area contributed by atoms with E-state index >= 15 is 0 Å². The average Bonchev–Trinajstić information content (AvgIpc) is 1.96. The monoisotopic (exact) mass is 187 g/mol. The van der Waals surface area contributed by atoms with Crippen LogP contribution in [0.2, 0.25) is 0 Å². The van der Waals surface area contributed by atoms with Crippen LogP contribution >= 0.6 is 0 Å². The van der Waals surface area contributed by atoms with E-state index in [2.05, 4.69) is 0 Å². The van der Waals surface area contributed by atoms with E-state index in [0.717, 1.165) is 12.1 Å². The second kappa shape index (κ2) is 3.60. The molecule has 0 aromatic heterocycles. The lowest BCUT2D eigenvalue weighted by Crippen LogP contribution is -2.09. The van der Waals surface area contributed by atoms with Crippen molar-refractivity contribution in [1.82, 2.24) is 0 Å². The summed E-state index contributed by atoms with van der Waals surface area (Å²) >= 11 is 0. The number of nitrogens with two attached hydrogens (primary N) is 1. The van der Waals surface area contributed by atoms with Gasteiger partial charge in [0.2, 0.25) is 0 Å². The molecule has 13 heavy (non-hydrogen) atoms. The SMILES string of the molecule is CC(C)Oc1c(F)cc(N)cc1F. The minimum atomic E-state index is -0.772. The number of hydrogen-bond acceptors (Lipinski definition) is 2. The van der Waals surface area contributed by atoms with Crippen molar-refractivity contribution in [3.63, 3.8) is 0 Å². The van der Waals surface area contributed by atoms with Crippen LogP contribution in [0.15, 0.2) is 12.1 Å². The van der Waals surface area contributed by atoms with Crippen molar-refractivity contribution >= 4 is 5.69 Å². The summed E-state index contributed by atoms with van der Waals surface area (Å²) in [6, 6.07) is 2.06. The Morgan fingerprint density at radius 1 is 1.23 bits per heavy atom. The third-order valence-corrected chi connectivity index (χ3v) is 1.37. The standard InChI is InChI=1S/C9H11F2NO/c1-5(2)13-9-7(10)3-6(12)4-8(9)11/h3-5H,12H2,1-2H3. The molecule has 0 heterocycles. The lowest BCUT2D eigenvalue weighted by molar-refractivity contribution is 0.219. The fraction of sp³-hybridized carbons (Fsp3) is 0.333. The van der Waals surface area contributed by atoms with Gasteiger partial charge in [0.15, 0.2) is 17.4 Å². The lowest BCUT2D eigenvalue weighted by Gasteiger charge is -2.11.